The van der Waals surface area contributed by atoms with Crippen molar-refractivity contribution in [3.05, 3.63) is 83.9 Å². The van der Waals surface area contributed by atoms with Gasteiger partial charge in [0.2, 0.25) is 0 Å². The van der Waals surface area contributed by atoms with Crippen LogP contribution < -0.4 is 0 Å². The number of rotatable bonds is 7. The van der Waals surface area contributed by atoms with E-state index in [-0.39, 0.29) is 18.3 Å². The Bertz CT molecular complexity index is 1190. The van der Waals surface area contributed by atoms with Crippen LogP contribution in [0.25, 0.3) is 0 Å². The fourth-order valence-electron chi connectivity index (χ4n) is 5.04. The molecule has 6 atom stereocenters. The summed E-state index contributed by atoms with van der Waals surface area (Å²) in [5.41, 5.74) is 1.57. The highest BCUT2D eigenvalue weighted by molar-refractivity contribution is 6.74. The van der Waals surface area contributed by atoms with Crippen LogP contribution in [0, 0.1) is 0 Å². The fourth-order valence-corrected chi connectivity index (χ4v) is 6.35. The van der Waals surface area contributed by atoms with Gasteiger partial charge in [0.15, 0.2) is 20.9 Å². The number of carbonyl (C=O) groups excluding carboxylic acids is 2. The third-order valence-corrected chi connectivity index (χ3v) is 12.6. The minimum absolute atomic E-state index is 0.144. The third kappa shape index (κ3) is 5.15. The molecule has 5 rings (SSSR count). The van der Waals surface area contributed by atoms with Gasteiger partial charge in [-0.15, -0.1) is 6.58 Å². The Kier molecular flexibility index (Phi) is 7.67. The number of hydrogen-bond acceptors (Lipinski definition) is 7. The van der Waals surface area contributed by atoms with Crippen molar-refractivity contribution < 1.29 is 33.0 Å². The highest BCUT2D eigenvalue weighted by Gasteiger charge is 2.58. The summed E-state index contributed by atoms with van der Waals surface area (Å²) in [6, 6.07) is 15.6. The van der Waals surface area contributed by atoms with Crippen molar-refractivity contribution in [3.8, 4) is 0 Å². The molecule has 39 heavy (non-hydrogen) atoms. The molecule has 2 saturated heterocycles. The second-order valence-corrected chi connectivity index (χ2v) is 16.5. The number of carbonyl (C=O) groups is 2. The van der Waals surface area contributed by atoms with Gasteiger partial charge in [0.25, 0.3) is 11.8 Å². The number of hydrogen-bond donors (Lipinski definition) is 0. The SMILES string of the molecule is C=CCO[C@@H]1O[C@@H]2CO[C@@H](c3ccccc3)O[C@H]2[C@H](O[Si](C)(C)C(C)(C)C)[C@H]1N1C(=O)c2ccccc2C1=O. The van der Waals surface area contributed by atoms with Crippen LogP contribution in [-0.2, 0) is 23.4 Å². The average Bonchev–Trinajstić information content (AvgIpc) is 3.16. The number of benzene rings is 2. The zero-order valence-corrected chi connectivity index (χ0v) is 24.2. The van der Waals surface area contributed by atoms with Crippen molar-refractivity contribution in [1.29, 1.82) is 0 Å². The molecule has 2 aromatic rings. The van der Waals surface area contributed by atoms with Crippen LogP contribution in [0.1, 0.15) is 53.3 Å². The monoisotopic (exact) mass is 551 g/mol. The summed E-state index contributed by atoms with van der Waals surface area (Å²) >= 11 is 0. The Morgan fingerprint density at radius 1 is 1.00 bits per heavy atom. The van der Waals surface area contributed by atoms with Crippen molar-refractivity contribution in [2.75, 3.05) is 13.2 Å². The van der Waals surface area contributed by atoms with E-state index in [0.717, 1.165) is 5.56 Å². The van der Waals surface area contributed by atoms with Crippen LogP contribution in [0.15, 0.2) is 67.3 Å². The molecule has 0 spiro atoms. The van der Waals surface area contributed by atoms with E-state index in [1.54, 1.807) is 30.3 Å². The standard InChI is InChI=1S/C30H37NO7Si/c1-7-17-34-29-23(31-26(32)20-15-11-12-16-21(20)27(31)33)25(38-39(5,6)30(2,3)4)24-22(36-29)18-35-28(37-24)19-13-9-8-10-14-19/h7-16,22-25,28-29H,1,17-18H2,2-6H3/t22-,23-,24-,25-,28-,29-/m1/s1. The topological polar surface area (TPSA) is 83.5 Å². The summed E-state index contributed by atoms with van der Waals surface area (Å²) in [7, 11) is -2.45. The summed E-state index contributed by atoms with van der Waals surface area (Å²) in [5.74, 6) is -0.796. The first-order valence-corrected chi connectivity index (χ1v) is 16.3. The lowest BCUT2D eigenvalue weighted by Crippen LogP contribution is -2.70. The molecule has 0 bridgehead atoms. The van der Waals surface area contributed by atoms with Crippen molar-refractivity contribution in [2.45, 2.75) is 75.8 Å². The normalized spacial score (nSPS) is 29.2. The quantitative estimate of drug-likeness (QED) is 0.270. The molecular weight excluding hydrogens is 514 g/mol. The summed E-state index contributed by atoms with van der Waals surface area (Å²) in [6.45, 7) is 14.9. The Hall–Kier alpha value is -2.66. The fraction of sp³-hybridized carbons (Fsp3) is 0.467. The van der Waals surface area contributed by atoms with Gasteiger partial charge in [-0.05, 0) is 30.3 Å². The van der Waals surface area contributed by atoms with Gasteiger partial charge in [0.05, 0.1) is 30.4 Å². The lowest BCUT2D eigenvalue weighted by Gasteiger charge is -2.53. The largest absolute Gasteiger partial charge is 0.409 e. The summed E-state index contributed by atoms with van der Waals surface area (Å²) in [6.07, 6.45) is -1.84. The predicted molar refractivity (Wildman–Crippen MR) is 148 cm³/mol. The predicted octanol–water partition coefficient (Wildman–Crippen LogP) is 5.08. The van der Waals surface area contributed by atoms with E-state index in [1.165, 1.54) is 4.90 Å². The first kappa shape index (κ1) is 27.9. The Balaban J connectivity index is 1.58. The van der Waals surface area contributed by atoms with Crippen LogP contribution in [0.2, 0.25) is 18.1 Å². The number of imide groups is 1. The van der Waals surface area contributed by atoms with Crippen LogP contribution in [-0.4, -0.2) is 68.9 Å². The van der Waals surface area contributed by atoms with Crippen molar-refractivity contribution in [1.82, 2.24) is 4.90 Å². The second-order valence-electron chi connectivity index (χ2n) is 11.7. The van der Waals surface area contributed by atoms with Gasteiger partial charge in [-0.25, -0.2) is 0 Å². The summed E-state index contributed by atoms with van der Waals surface area (Å²) in [4.78, 5) is 28.7. The first-order chi connectivity index (χ1) is 18.5. The highest BCUT2D eigenvalue weighted by Crippen LogP contribution is 2.44. The van der Waals surface area contributed by atoms with E-state index in [4.69, 9.17) is 23.4 Å². The minimum atomic E-state index is -2.45. The molecule has 2 fully saturated rings. The Morgan fingerprint density at radius 3 is 2.21 bits per heavy atom. The summed E-state index contributed by atoms with van der Waals surface area (Å²) in [5, 5.41) is -0.144. The molecule has 3 heterocycles. The molecule has 8 nitrogen and oxygen atoms in total. The molecule has 0 saturated carbocycles. The molecule has 208 valence electrons. The maximum atomic E-state index is 13.7. The van der Waals surface area contributed by atoms with Gasteiger partial charge in [0.1, 0.15) is 18.2 Å². The van der Waals surface area contributed by atoms with Crippen molar-refractivity contribution in [3.63, 3.8) is 0 Å². The number of fused-ring (bicyclic) bond motifs is 2. The van der Waals surface area contributed by atoms with Crippen molar-refractivity contribution in [2.24, 2.45) is 0 Å². The molecule has 0 unspecified atom stereocenters. The van der Waals surface area contributed by atoms with Crippen LogP contribution in [0.5, 0.6) is 0 Å². The average molecular weight is 552 g/mol. The van der Waals surface area contributed by atoms with Crippen molar-refractivity contribution >= 4 is 20.1 Å². The van der Waals surface area contributed by atoms with Gasteiger partial charge < -0.3 is 23.4 Å². The molecule has 3 aliphatic rings. The molecule has 0 N–H and O–H groups in total. The zero-order valence-electron chi connectivity index (χ0n) is 23.2. The number of amides is 2. The zero-order chi connectivity index (χ0) is 27.9. The Labute approximate surface area is 231 Å². The van der Waals surface area contributed by atoms with E-state index in [0.29, 0.717) is 11.1 Å². The molecule has 2 aromatic carbocycles. The van der Waals surface area contributed by atoms with Gasteiger partial charge in [-0.3, -0.25) is 14.5 Å². The molecule has 9 heteroatoms. The number of nitrogens with zero attached hydrogens (tertiary/aromatic N) is 1. The van der Waals surface area contributed by atoms with Gasteiger partial charge in [-0.1, -0.05) is 69.3 Å². The second kappa shape index (κ2) is 10.7. The van der Waals surface area contributed by atoms with Gasteiger partial charge in [0, 0.05) is 5.56 Å². The Morgan fingerprint density at radius 2 is 1.62 bits per heavy atom. The van der Waals surface area contributed by atoms with Crippen LogP contribution in [0.4, 0.5) is 0 Å². The summed E-state index contributed by atoms with van der Waals surface area (Å²) < 4.78 is 32.2. The lowest BCUT2D eigenvalue weighted by atomic mass is 9.94. The highest BCUT2D eigenvalue weighted by atomic mass is 28.4. The van der Waals surface area contributed by atoms with E-state index in [9.17, 15) is 9.59 Å². The molecule has 3 aliphatic heterocycles. The van der Waals surface area contributed by atoms with Crippen LogP contribution >= 0.6 is 0 Å². The maximum Gasteiger partial charge on any atom is 0.262 e. The molecule has 0 radical (unpaired) electrons. The third-order valence-electron chi connectivity index (χ3n) is 8.12. The smallest absolute Gasteiger partial charge is 0.262 e. The molecule has 2 amide bonds. The lowest BCUT2D eigenvalue weighted by molar-refractivity contribution is -0.346. The van der Waals surface area contributed by atoms with Gasteiger partial charge in [-0.2, -0.15) is 0 Å². The van der Waals surface area contributed by atoms with E-state index < -0.39 is 57.1 Å². The maximum absolute atomic E-state index is 13.7. The molecule has 0 aromatic heterocycles. The van der Waals surface area contributed by atoms with E-state index in [2.05, 4.69) is 40.4 Å². The van der Waals surface area contributed by atoms with E-state index >= 15 is 0 Å². The minimum Gasteiger partial charge on any atom is -0.409 e. The first-order valence-electron chi connectivity index (χ1n) is 13.4. The molecule has 0 aliphatic carbocycles. The number of ether oxygens (including phenoxy) is 4. The molecular formula is C30H37NO7Si. The van der Waals surface area contributed by atoms with Gasteiger partial charge >= 0.3 is 0 Å². The van der Waals surface area contributed by atoms with Crippen LogP contribution in [0.3, 0.4) is 0 Å². The van der Waals surface area contributed by atoms with E-state index in [1.807, 2.05) is 30.3 Å².